The molecule has 0 spiro atoms. The van der Waals surface area contributed by atoms with Crippen LogP contribution in [0.25, 0.3) is 0 Å². The van der Waals surface area contributed by atoms with Crippen molar-refractivity contribution in [3.8, 4) is 0 Å². The van der Waals surface area contributed by atoms with Crippen molar-refractivity contribution < 1.29 is 23.9 Å². The minimum absolute atomic E-state index is 0.184. The number of carbonyl (C=O) groups excluding carboxylic acids is 4. The zero-order valence-corrected chi connectivity index (χ0v) is 21.6. The number of nitrogens with one attached hydrogen (secondary N) is 2. The van der Waals surface area contributed by atoms with Crippen LogP contribution >= 0.6 is 0 Å². The van der Waals surface area contributed by atoms with Gasteiger partial charge in [0.15, 0.2) is 0 Å². The molecule has 1 aliphatic heterocycles. The van der Waals surface area contributed by atoms with E-state index in [1.807, 2.05) is 34.6 Å². The minimum atomic E-state index is -0.618. The summed E-state index contributed by atoms with van der Waals surface area (Å²) in [4.78, 5) is 49.8. The molecule has 1 unspecified atom stereocenters. The van der Waals surface area contributed by atoms with Gasteiger partial charge in [-0.1, -0.05) is 6.42 Å². The van der Waals surface area contributed by atoms with E-state index in [1.54, 1.807) is 0 Å². The van der Waals surface area contributed by atoms with Gasteiger partial charge in [0.25, 0.3) is 11.8 Å². The van der Waals surface area contributed by atoms with Gasteiger partial charge in [0, 0.05) is 37.3 Å². The number of amides is 4. The van der Waals surface area contributed by atoms with Crippen LogP contribution in [0.4, 0.5) is 0 Å². The Hall–Kier alpha value is -2.26. The molecule has 0 saturated carbocycles. The second-order valence-corrected chi connectivity index (χ2v) is 10.5. The molecule has 0 aromatic heterocycles. The smallest absolute Gasteiger partial charge is 0.253 e. The van der Waals surface area contributed by atoms with Crippen LogP contribution in [-0.2, 0) is 23.9 Å². The summed E-state index contributed by atoms with van der Waals surface area (Å²) in [6.07, 6.45) is 7.47. The lowest BCUT2D eigenvalue weighted by Crippen LogP contribution is -2.53. The molecule has 0 fully saturated rings. The quantitative estimate of drug-likeness (QED) is 0.229. The standard InChI is InChI=1S/C25H44N4O5/c1-24(2,3)34-18-15-25(4,5)28-23(33)19(11-8-9-16-26)27-20(30)12-7-6-10-17-29-21(31)13-14-22(29)32/h13-14,19H,6-12,15-18,26H2,1-5H3,(H,27,30)(H,28,33). The number of nitrogens with zero attached hydrogens (tertiary/aromatic N) is 1. The lowest BCUT2D eigenvalue weighted by Gasteiger charge is -2.30. The summed E-state index contributed by atoms with van der Waals surface area (Å²) >= 11 is 0. The number of imide groups is 1. The molecule has 9 heteroatoms. The maximum Gasteiger partial charge on any atom is 0.253 e. The Balaban J connectivity index is 2.47. The summed E-state index contributed by atoms with van der Waals surface area (Å²) in [6, 6.07) is -0.618. The van der Waals surface area contributed by atoms with Crippen molar-refractivity contribution >= 4 is 23.6 Å². The molecule has 1 atom stereocenters. The number of nitrogens with two attached hydrogens (primary N) is 1. The second-order valence-electron chi connectivity index (χ2n) is 10.5. The Bertz CT molecular complexity index is 709. The van der Waals surface area contributed by atoms with E-state index in [0.29, 0.717) is 51.8 Å². The molecule has 1 rings (SSSR count). The number of ether oxygens (including phenoxy) is 1. The zero-order chi connectivity index (χ0) is 25.8. The molecule has 0 bridgehead atoms. The molecule has 0 aromatic carbocycles. The highest BCUT2D eigenvalue weighted by Gasteiger charge is 2.27. The molecule has 1 heterocycles. The molecule has 0 radical (unpaired) electrons. The van der Waals surface area contributed by atoms with Crippen LogP contribution in [0.3, 0.4) is 0 Å². The van der Waals surface area contributed by atoms with Gasteiger partial charge in [-0.05, 0) is 79.7 Å². The van der Waals surface area contributed by atoms with E-state index in [-0.39, 0.29) is 35.7 Å². The highest BCUT2D eigenvalue weighted by atomic mass is 16.5. The molecule has 4 N–H and O–H groups in total. The average Bonchev–Trinajstić information content (AvgIpc) is 3.03. The van der Waals surface area contributed by atoms with Crippen LogP contribution in [0.1, 0.15) is 86.0 Å². The van der Waals surface area contributed by atoms with E-state index in [1.165, 1.54) is 17.1 Å². The van der Waals surface area contributed by atoms with Gasteiger partial charge in [-0.3, -0.25) is 24.1 Å². The fourth-order valence-electron chi connectivity index (χ4n) is 3.51. The fourth-order valence-corrected chi connectivity index (χ4v) is 3.51. The topological polar surface area (TPSA) is 131 Å². The van der Waals surface area contributed by atoms with Crippen molar-refractivity contribution in [2.75, 3.05) is 19.7 Å². The fraction of sp³-hybridized carbons (Fsp3) is 0.760. The van der Waals surface area contributed by atoms with Gasteiger partial charge < -0.3 is 21.1 Å². The Morgan fingerprint density at radius 3 is 2.24 bits per heavy atom. The first-order valence-corrected chi connectivity index (χ1v) is 12.3. The maximum atomic E-state index is 13.0. The predicted molar refractivity (Wildman–Crippen MR) is 132 cm³/mol. The molecule has 0 saturated heterocycles. The molecule has 4 amide bonds. The van der Waals surface area contributed by atoms with Crippen molar-refractivity contribution in [2.24, 2.45) is 5.73 Å². The van der Waals surface area contributed by atoms with Crippen LogP contribution in [0, 0.1) is 0 Å². The number of hydrogen-bond acceptors (Lipinski definition) is 6. The highest BCUT2D eigenvalue weighted by molar-refractivity contribution is 6.12. The van der Waals surface area contributed by atoms with Gasteiger partial charge in [-0.15, -0.1) is 0 Å². The van der Waals surface area contributed by atoms with Crippen LogP contribution in [0.5, 0.6) is 0 Å². The Labute approximate surface area is 204 Å². The number of carbonyl (C=O) groups is 4. The van der Waals surface area contributed by atoms with E-state index in [9.17, 15) is 19.2 Å². The zero-order valence-electron chi connectivity index (χ0n) is 21.6. The van der Waals surface area contributed by atoms with Gasteiger partial charge in [0.05, 0.1) is 5.60 Å². The van der Waals surface area contributed by atoms with E-state index in [0.717, 1.165) is 12.8 Å². The van der Waals surface area contributed by atoms with E-state index < -0.39 is 11.6 Å². The van der Waals surface area contributed by atoms with E-state index in [4.69, 9.17) is 10.5 Å². The third kappa shape index (κ3) is 12.3. The van der Waals surface area contributed by atoms with Crippen molar-refractivity contribution in [3.63, 3.8) is 0 Å². The van der Waals surface area contributed by atoms with Gasteiger partial charge in [0.1, 0.15) is 6.04 Å². The summed E-state index contributed by atoms with van der Waals surface area (Å²) < 4.78 is 5.78. The maximum absolute atomic E-state index is 13.0. The van der Waals surface area contributed by atoms with Crippen molar-refractivity contribution in [1.82, 2.24) is 15.5 Å². The summed E-state index contributed by atoms with van der Waals surface area (Å²) in [6.45, 7) is 11.3. The van der Waals surface area contributed by atoms with Gasteiger partial charge in [0.2, 0.25) is 11.8 Å². The number of rotatable bonds is 16. The molecular formula is C25H44N4O5. The summed E-state index contributed by atoms with van der Waals surface area (Å²) in [5.74, 6) is -0.967. The first kappa shape index (κ1) is 29.8. The van der Waals surface area contributed by atoms with Crippen LogP contribution < -0.4 is 16.4 Å². The molecule has 0 aliphatic carbocycles. The normalized spacial score (nSPS) is 15.1. The molecule has 194 valence electrons. The monoisotopic (exact) mass is 480 g/mol. The molecular weight excluding hydrogens is 436 g/mol. The lowest BCUT2D eigenvalue weighted by molar-refractivity contribution is -0.137. The van der Waals surface area contributed by atoms with Crippen LogP contribution in [0.2, 0.25) is 0 Å². The first-order valence-electron chi connectivity index (χ1n) is 12.3. The second kappa shape index (κ2) is 14.2. The summed E-state index contributed by atoms with van der Waals surface area (Å²) in [5.41, 5.74) is 4.87. The largest absolute Gasteiger partial charge is 0.376 e. The number of unbranched alkanes of at least 4 members (excludes halogenated alkanes) is 3. The highest BCUT2D eigenvalue weighted by Crippen LogP contribution is 2.14. The third-order valence-corrected chi connectivity index (χ3v) is 5.51. The van der Waals surface area contributed by atoms with Gasteiger partial charge in [-0.25, -0.2) is 0 Å². The molecule has 34 heavy (non-hydrogen) atoms. The van der Waals surface area contributed by atoms with Crippen LogP contribution in [-0.4, -0.2) is 65.4 Å². The van der Waals surface area contributed by atoms with Gasteiger partial charge >= 0.3 is 0 Å². The molecule has 0 aromatic rings. The van der Waals surface area contributed by atoms with Gasteiger partial charge in [-0.2, -0.15) is 0 Å². The number of hydrogen-bond donors (Lipinski definition) is 3. The summed E-state index contributed by atoms with van der Waals surface area (Å²) in [5, 5.41) is 5.92. The first-order chi connectivity index (χ1) is 15.8. The minimum Gasteiger partial charge on any atom is -0.376 e. The Kier molecular flexibility index (Phi) is 12.4. The van der Waals surface area contributed by atoms with Crippen LogP contribution in [0.15, 0.2) is 12.2 Å². The molecule has 9 nitrogen and oxygen atoms in total. The van der Waals surface area contributed by atoms with E-state index in [2.05, 4.69) is 10.6 Å². The predicted octanol–water partition coefficient (Wildman–Crippen LogP) is 2.19. The SMILES string of the molecule is CC(C)(CCOC(C)(C)C)NC(=O)C(CCCCN)NC(=O)CCCCCN1C(=O)C=CC1=O. The Morgan fingerprint density at radius 1 is 1.00 bits per heavy atom. The van der Waals surface area contributed by atoms with Crippen molar-refractivity contribution in [1.29, 1.82) is 0 Å². The lowest BCUT2D eigenvalue weighted by atomic mass is 9.99. The molecule has 1 aliphatic rings. The average molecular weight is 481 g/mol. The van der Waals surface area contributed by atoms with E-state index >= 15 is 0 Å². The Morgan fingerprint density at radius 2 is 1.65 bits per heavy atom. The van der Waals surface area contributed by atoms with Crippen molar-refractivity contribution in [2.45, 2.75) is 103 Å². The van der Waals surface area contributed by atoms with Crippen molar-refractivity contribution in [3.05, 3.63) is 12.2 Å². The third-order valence-electron chi connectivity index (χ3n) is 5.51. The summed E-state index contributed by atoms with van der Waals surface area (Å²) in [7, 11) is 0.